The Balaban J connectivity index is 1.56. The lowest BCUT2D eigenvalue weighted by atomic mass is 9.98. The molecular formula is C24H43N3O7. The normalized spacial score (nSPS) is 24.9. The lowest BCUT2D eigenvalue weighted by molar-refractivity contribution is -0.254. The number of aromatic nitrogens is 3. The third-order valence-electron chi connectivity index (χ3n) is 6.30. The number of ether oxygens (including phenoxy) is 2. The molecule has 0 unspecified atom stereocenters. The van der Waals surface area contributed by atoms with Crippen molar-refractivity contribution < 1.29 is 34.7 Å². The van der Waals surface area contributed by atoms with Crippen LogP contribution in [0.5, 0.6) is 0 Å². The van der Waals surface area contributed by atoms with E-state index in [1.165, 1.54) is 68.7 Å². The molecular weight excluding hydrogens is 442 g/mol. The number of rotatable bonds is 17. The number of hydrogen-bond acceptors (Lipinski definition) is 9. The van der Waals surface area contributed by atoms with E-state index in [2.05, 4.69) is 17.2 Å². The van der Waals surface area contributed by atoms with Crippen LogP contribution in [0.3, 0.4) is 0 Å². The largest absolute Gasteiger partial charge is 0.459 e. The van der Waals surface area contributed by atoms with Crippen LogP contribution in [0.1, 0.15) is 102 Å². The van der Waals surface area contributed by atoms with E-state index in [1.54, 1.807) is 0 Å². The van der Waals surface area contributed by atoms with Gasteiger partial charge in [0.1, 0.15) is 36.7 Å². The minimum absolute atomic E-state index is 0.0610. The van der Waals surface area contributed by atoms with Crippen LogP contribution in [0.4, 0.5) is 0 Å². The highest BCUT2D eigenvalue weighted by atomic mass is 16.6. The molecule has 5 atom stereocenters. The molecule has 1 aromatic heterocycles. The summed E-state index contributed by atoms with van der Waals surface area (Å²) in [5.41, 5.74) is 0.361. The van der Waals surface area contributed by atoms with Crippen LogP contribution in [-0.2, 0) is 20.9 Å². The number of nitrogens with zero attached hydrogens (tertiary/aromatic N) is 3. The van der Waals surface area contributed by atoms with E-state index in [1.807, 2.05) is 0 Å². The van der Waals surface area contributed by atoms with E-state index in [-0.39, 0.29) is 12.6 Å². The Labute approximate surface area is 202 Å². The number of aliphatic hydroxyl groups excluding tert-OH is 4. The highest BCUT2D eigenvalue weighted by Crippen LogP contribution is 2.27. The Morgan fingerprint density at radius 1 is 0.941 bits per heavy atom. The van der Waals surface area contributed by atoms with Gasteiger partial charge in [-0.15, -0.1) is 5.10 Å². The number of esters is 1. The lowest BCUT2D eigenvalue weighted by Crippen LogP contribution is -2.56. The Morgan fingerprint density at radius 2 is 1.53 bits per heavy atom. The van der Waals surface area contributed by atoms with Crippen molar-refractivity contribution in [1.29, 1.82) is 0 Å². The molecule has 2 rings (SSSR count). The van der Waals surface area contributed by atoms with Gasteiger partial charge in [0.15, 0.2) is 6.23 Å². The van der Waals surface area contributed by atoms with Crippen LogP contribution in [-0.4, -0.2) is 72.4 Å². The van der Waals surface area contributed by atoms with Crippen molar-refractivity contribution in [3.8, 4) is 0 Å². The van der Waals surface area contributed by atoms with E-state index >= 15 is 0 Å². The zero-order chi connectivity index (χ0) is 24.8. The fraction of sp³-hybridized carbons (Fsp3) is 0.875. The summed E-state index contributed by atoms with van der Waals surface area (Å²) in [6, 6.07) is 0. The third kappa shape index (κ3) is 9.58. The second-order valence-electron chi connectivity index (χ2n) is 9.21. The minimum Gasteiger partial charge on any atom is -0.459 e. The summed E-state index contributed by atoms with van der Waals surface area (Å²) in [6.07, 6.45) is 10.0. The van der Waals surface area contributed by atoms with Crippen molar-refractivity contribution in [3.05, 3.63) is 11.9 Å². The van der Waals surface area contributed by atoms with E-state index in [9.17, 15) is 25.2 Å². The van der Waals surface area contributed by atoms with Gasteiger partial charge >= 0.3 is 5.97 Å². The Bertz CT molecular complexity index is 685. The summed E-state index contributed by atoms with van der Waals surface area (Å²) in [5, 5.41) is 46.9. The Kier molecular flexibility index (Phi) is 13.6. The number of carbonyl (C=O) groups excluding carboxylic acids is 1. The van der Waals surface area contributed by atoms with Gasteiger partial charge in [0.05, 0.1) is 12.8 Å². The monoisotopic (exact) mass is 485 g/mol. The van der Waals surface area contributed by atoms with Crippen molar-refractivity contribution in [2.45, 2.75) is 128 Å². The molecule has 0 spiro atoms. The average Bonchev–Trinajstić information content (AvgIpc) is 3.31. The quantitative estimate of drug-likeness (QED) is 0.193. The molecule has 0 saturated carbocycles. The summed E-state index contributed by atoms with van der Waals surface area (Å²) in [7, 11) is 0. The van der Waals surface area contributed by atoms with Crippen LogP contribution in [0.15, 0.2) is 6.20 Å². The molecule has 1 saturated heterocycles. The number of carbonyl (C=O) groups is 1. The van der Waals surface area contributed by atoms with Crippen molar-refractivity contribution >= 4 is 5.97 Å². The molecule has 0 aromatic carbocycles. The molecule has 1 aliphatic rings. The van der Waals surface area contributed by atoms with Gasteiger partial charge in [-0.3, -0.25) is 4.79 Å². The standard InChI is InChI=1S/C24H43N3O7/c1-2-3-4-5-6-7-8-9-10-11-12-13-14-20(29)33-17-18-15-27(26-25-18)24-23(32)22(31)21(30)19(16-28)34-24/h15,19,21-24,28,30-32H,2-14,16-17H2,1H3/t19-,21-,22+,23-,24-/m1/s1. The molecule has 34 heavy (non-hydrogen) atoms. The SMILES string of the molecule is CCCCCCCCCCCCCCC(=O)OCc1cn([C@@H]2O[C@H](CO)[C@@H](O)[C@H](O)[C@H]2O)nn1. The van der Waals surface area contributed by atoms with Crippen molar-refractivity contribution in [2.24, 2.45) is 0 Å². The van der Waals surface area contributed by atoms with Gasteiger partial charge in [0.2, 0.25) is 0 Å². The van der Waals surface area contributed by atoms with Crippen molar-refractivity contribution in [2.75, 3.05) is 6.61 Å². The molecule has 1 aliphatic heterocycles. The first-order valence-electron chi connectivity index (χ1n) is 12.8. The van der Waals surface area contributed by atoms with Crippen LogP contribution in [0, 0.1) is 0 Å². The summed E-state index contributed by atoms with van der Waals surface area (Å²) < 4.78 is 11.9. The number of unbranched alkanes of at least 4 members (excludes halogenated alkanes) is 11. The molecule has 1 fully saturated rings. The van der Waals surface area contributed by atoms with E-state index in [0.717, 1.165) is 19.3 Å². The zero-order valence-corrected chi connectivity index (χ0v) is 20.4. The molecule has 196 valence electrons. The van der Waals surface area contributed by atoms with Crippen molar-refractivity contribution in [1.82, 2.24) is 15.0 Å². The van der Waals surface area contributed by atoms with E-state index in [4.69, 9.17) is 9.47 Å². The van der Waals surface area contributed by atoms with Gasteiger partial charge in [-0.25, -0.2) is 4.68 Å². The predicted octanol–water partition coefficient (Wildman–Crippen LogP) is 2.38. The van der Waals surface area contributed by atoms with E-state index < -0.39 is 37.3 Å². The molecule has 1 aromatic rings. The maximum atomic E-state index is 12.0. The van der Waals surface area contributed by atoms with Crippen molar-refractivity contribution in [3.63, 3.8) is 0 Å². The molecule has 0 aliphatic carbocycles. The smallest absolute Gasteiger partial charge is 0.306 e. The molecule has 0 amide bonds. The Morgan fingerprint density at radius 3 is 2.12 bits per heavy atom. The number of hydrogen-bond donors (Lipinski definition) is 4. The fourth-order valence-electron chi connectivity index (χ4n) is 4.14. The highest BCUT2D eigenvalue weighted by molar-refractivity contribution is 5.69. The average molecular weight is 486 g/mol. The lowest BCUT2D eigenvalue weighted by Gasteiger charge is -2.39. The molecule has 2 heterocycles. The van der Waals surface area contributed by atoms with Gasteiger partial charge in [-0.1, -0.05) is 82.8 Å². The number of aliphatic hydroxyl groups is 4. The molecule has 0 radical (unpaired) electrons. The first kappa shape index (κ1) is 28.6. The highest BCUT2D eigenvalue weighted by Gasteiger charge is 2.44. The van der Waals surface area contributed by atoms with Crippen LogP contribution >= 0.6 is 0 Å². The fourth-order valence-corrected chi connectivity index (χ4v) is 4.14. The summed E-state index contributed by atoms with van der Waals surface area (Å²) in [6.45, 7) is 1.65. The van der Waals surface area contributed by atoms with Gasteiger partial charge < -0.3 is 29.9 Å². The van der Waals surface area contributed by atoms with Crippen LogP contribution < -0.4 is 0 Å². The maximum Gasteiger partial charge on any atom is 0.306 e. The van der Waals surface area contributed by atoms with Gasteiger partial charge in [0.25, 0.3) is 0 Å². The summed E-state index contributed by atoms with van der Waals surface area (Å²) >= 11 is 0. The maximum absolute atomic E-state index is 12.0. The van der Waals surface area contributed by atoms with Gasteiger partial charge in [-0.05, 0) is 6.42 Å². The minimum atomic E-state index is -1.50. The van der Waals surface area contributed by atoms with Crippen LogP contribution in [0.25, 0.3) is 0 Å². The second kappa shape index (κ2) is 16.1. The molecule has 0 bridgehead atoms. The Hall–Kier alpha value is -1.59. The predicted molar refractivity (Wildman–Crippen MR) is 125 cm³/mol. The van der Waals surface area contributed by atoms with Gasteiger partial charge in [0, 0.05) is 6.42 Å². The molecule has 4 N–H and O–H groups in total. The topological polar surface area (TPSA) is 147 Å². The van der Waals surface area contributed by atoms with Crippen LogP contribution in [0.2, 0.25) is 0 Å². The molecule has 10 heteroatoms. The zero-order valence-electron chi connectivity index (χ0n) is 20.4. The second-order valence-corrected chi connectivity index (χ2v) is 9.21. The third-order valence-corrected chi connectivity index (χ3v) is 6.30. The first-order chi connectivity index (χ1) is 16.5. The molecule has 10 nitrogen and oxygen atoms in total. The van der Waals surface area contributed by atoms with E-state index in [0.29, 0.717) is 12.1 Å². The first-order valence-corrected chi connectivity index (χ1v) is 12.8. The summed E-state index contributed by atoms with van der Waals surface area (Å²) in [4.78, 5) is 12.0. The summed E-state index contributed by atoms with van der Waals surface area (Å²) in [5.74, 6) is -0.297. The van der Waals surface area contributed by atoms with Gasteiger partial charge in [-0.2, -0.15) is 0 Å².